The minimum Gasteiger partial charge on any atom is -0.329 e. The number of hydrogen-bond donors (Lipinski definition) is 1. The van der Waals surface area contributed by atoms with Gasteiger partial charge in [0.1, 0.15) is 0 Å². The van der Waals surface area contributed by atoms with Crippen LogP contribution in [0.5, 0.6) is 0 Å². The maximum absolute atomic E-state index is 6.25. The molecule has 0 bridgehead atoms. The average Bonchev–Trinajstić information content (AvgIpc) is 2.46. The number of hydrogen-bond acceptors (Lipinski definition) is 2. The fourth-order valence-corrected chi connectivity index (χ4v) is 4.34. The lowest BCUT2D eigenvalue weighted by atomic mass is 9.73. The summed E-state index contributed by atoms with van der Waals surface area (Å²) in [6, 6.07) is 0. The molecule has 1 aliphatic carbocycles. The van der Waals surface area contributed by atoms with Gasteiger partial charge in [-0.1, -0.05) is 34.1 Å². The van der Waals surface area contributed by atoms with Crippen molar-refractivity contribution in [2.75, 3.05) is 19.6 Å². The van der Waals surface area contributed by atoms with E-state index in [0.717, 1.165) is 6.54 Å². The average molecular weight is 252 g/mol. The van der Waals surface area contributed by atoms with Crippen molar-refractivity contribution >= 4 is 0 Å². The van der Waals surface area contributed by atoms with Crippen molar-refractivity contribution < 1.29 is 0 Å². The van der Waals surface area contributed by atoms with Gasteiger partial charge in [0.2, 0.25) is 0 Å². The SMILES string of the molecule is CC1(C)CCCN(C2(CN)CCCC2(C)C)CC1. The number of likely N-dealkylation sites (tertiary alicyclic amines) is 1. The van der Waals surface area contributed by atoms with E-state index < -0.39 is 0 Å². The van der Waals surface area contributed by atoms with Gasteiger partial charge in [0.25, 0.3) is 0 Å². The predicted octanol–water partition coefficient (Wildman–Crippen LogP) is 3.41. The third kappa shape index (κ3) is 2.34. The molecule has 1 heterocycles. The van der Waals surface area contributed by atoms with Crippen LogP contribution in [0.25, 0.3) is 0 Å². The number of nitrogens with two attached hydrogens (primary N) is 1. The molecule has 0 spiro atoms. The van der Waals surface area contributed by atoms with E-state index in [2.05, 4.69) is 32.6 Å². The standard InChI is InChI=1S/C16H32N2/c1-14(2)7-6-11-18(12-10-14)16(13-17)9-5-8-15(16,3)4/h5-13,17H2,1-4H3. The van der Waals surface area contributed by atoms with Crippen LogP contribution in [-0.4, -0.2) is 30.1 Å². The van der Waals surface area contributed by atoms with Gasteiger partial charge in [0.05, 0.1) is 0 Å². The molecule has 2 rings (SSSR count). The lowest BCUT2D eigenvalue weighted by molar-refractivity contribution is 0.0134. The summed E-state index contributed by atoms with van der Waals surface area (Å²) in [5.41, 5.74) is 7.43. The molecule has 1 atom stereocenters. The molecule has 106 valence electrons. The van der Waals surface area contributed by atoms with E-state index in [1.165, 1.54) is 51.6 Å². The van der Waals surface area contributed by atoms with Crippen LogP contribution >= 0.6 is 0 Å². The fourth-order valence-electron chi connectivity index (χ4n) is 4.34. The van der Waals surface area contributed by atoms with Crippen LogP contribution in [0.3, 0.4) is 0 Å². The summed E-state index contributed by atoms with van der Waals surface area (Å²) in [5, 5.41) is 0. The van der Waals surface area contributed by atoms with Crippen molar-refractivity contribution in [2.24, 2.45) is 16.6 Å². The molecule has 18 heavy (non-hydrogen) atoms. The van der Waals surface area contributed by atoms with E-state index in [9.17, 15) is 0 Å². The van der Waals surface area contributed by atoms with Crippen molar-refractivity contribution in [3.8, 4) is 0 Å². The summed E-state index contributed by atoms with van der Waals surface area (Å²) in [6.45, 7) is 13.0. The molecule has 0 radical (unpaired) electrons. The number of rotatable bonds is 2. The molecule has 0 aromatic heterocycles. The van der Waals surface area contributed by atoms with Gasteiger partial charge >= 0.3 is 0 Å². The van der Waals surface area contributed by atoms with Crippen LogP contribution in [-0.2, 0) is 0 Å². The van der Waals surface area contributed by atoms with E-state index in [4.69, 9.17) is 5.73 Å². The highest BCUT2D eigenvalue weighted by Crippen LogP contribution is 2.50. The Morgan fingerprint density at radius 2 is 1.61 bits per heavy atom. The highest BCUT2D eigenvalue weighted by molar-refractivity contribution is 5.07. The fraction of sp³-hybridized carbons (Fsp3) is 1.00. The summed E-state index contributed by atoms with van der Waals surface area (Å²) in [6.07, 6.45) is 8.02. The predicted molar refractivity (Wildman–Crippen MR) is 78.6 cm³/mol. The largest absolute Gasteiger partial charge is 0.329 e. The minimum absolute atomic E-state index is 0.271. The van der Waals surface area contributed by atoms with E-state index in [1.54, 1.807) is 0 Å². The van der Waals surface area contributed by atoms with E-state index in [1.807, 2.05) is 0 Å². The maximum atomic E-state index is 6.25. The zero-order valence-electron chi connectivity index (χ0n) is 12.9. The monoisotopic (exact) mass is 252 g/mol. The molecule has 1 saturated carbocycles. The zero-order valence-corrected chi connectivity index (χ0v) is 12.9. The normalized spacial score (nSPS) is 36.5. The molecule has 2 heteroatoms. The van der Waals surface area contributed by atoms with Gasteiger partial charge in [-0.05, 0) is 56.0 Å². The Bertz CT molecular complexity index is 295. The van der Waals surface area contributed by atoms with Gasteiger partial charge < -0.3 is 5.73 Å². The van der Waals surface area contributed by atoms with Crippen molar-refractivity contribution in [1.29, 1.82) is 0 Å². The van der Waals surface area contributed by atoms with Gasteiger partial charge in [-0.15, -0.1) is 0 Å². The molecule has 2 aliphatic rings. The van der Waals surface area contributed by atoms with Gasteiger partial charge in [-0.25, -0.2) is 0 Å². The summed E-state index contributed by atoms with van der Waals surface area (Å²) in [5.74, 6) is 0. The quantitative estimate of drug-likeness (QED) is 0.816. The van der Waals surface area contributed by atoms with Crippen LogP contribution in [0.1, 0.15) is 66.2 Å². The van der Waals surface area contributed by atoms with Crippen molar-refractivity contribution in [1.82, 2.24) is 4.90 Å². The lowest BCUT2D eigenvalue weighted by Gasteiger charge is -2.49. The third-order valence-electron chi connectivity index (χ3n) is 5.94. The van der Waals surface area contributed by atoms with E-state index >= 15 is 0 Å². The molecule has 1 aliphatic heterocycles. The number of nitrogens with zero attached hydrogens (tertiary/aromatic N) is 1. The smallest absolute Gasteiger partial charge is 0.0382 e. The topological polar surface area (TPSA) is 29.3 Å². The first-order valence-corrected chi connectivity index (χ1v) is 7.78. The first-order valence-electron chi connectivity index (χ1n) is 7.78. The third-order valence-corrected chi connectivity index (χ3v) is 5.94. The molecule has 2 nitrogen and oxygen atoms in total. The molecule has 1 unspecified atom stereocenters. The summed E-state index contributed by atoms with van der Waals surface area (Å²) >= 11 is 0. The first kappa shape index (κ1) is 14.3. The Morgan fingerprint density at radius 3 is 2.17 bits per heavy atom. The Kier molecular flexibility index (Phi) is 3.81. The Morgan fingerprint density at radius 1 is 0.889 bits per heavy atom. The second kappa shape index (κ2) is 4.79. The van der Waals surface area contributed by atoms with Crippen LogP contribution in [0.4, 0.5) is 0 Å². The summed E-state index contributed by atoms with van der Waals surface area (Å²) < 4.78 is 0. The summed E-state index contributed by atoms with van der Waals surface area (Å²) in [4.78, 5) is 2.76. The highest BCUT2D eigenvalue weighted by Gasteiger charge is 2.51. The molecule has 0 amide bonds. The maximum Gasteiger partial charge on any atom is 0.0382 e. The zero-order chi connectivity index (χ0) is 13.4. The van der Waals surface area contributed by atoms with Crippen LogP contribution < -0.4 is 5.73 Å². The van der Waals surface area contributed by atoms with Crippen molar-refractivity contribution in [3.63, 3.8) is 0 Å². The lowest BCUT2D eigenvalue weighted by Crippen LogP contribution is -2.60. The van der Waals surface area contributed by atoms with Crippen LogP contribution in [0.15, 0.2) is 0 Å². The molecular formula is C16H32N2. The van der Waals surface area contributed by atoms with E-state index in [-0.39, 0.29) is 5.54 Å². The summed E-state index contributed by atoms with van der Waals surface area (Å²) in [7, 11) is 0. The second-order valence-corrected chi connectivity index (χ2v) is 7.98. The molecule has 0 aromatic carbocycles. The highest BCUT2D eigenvalue weighted by atomic mass is 15.2. The Hall–Kier alpha value is -0.0800. The molecule has 2 N–H and O–H groups in total. The van der Waals surface area contributed by atoms with Crippen molar-refractivity contribution in [2.45, 2.75) is 71.8 Å². The van der Waals surface area contributed by atoms with Crippen LogP contribution in [0.2, 0.25) is 0 Å². The molecule has 1 saturated heterocycles. The van der Waals surface area contributed by atoms with Gasteiger partial charge in [-0.3, -0.25) is 4.90 Å². The molecule has 2 fully saturated rings. The second-order valence-electron chi connectivity index (χ2n) is 7.98. The Labute approximate surface area is 113 Å². The van der Waals surface area contributed by atoms with Crippen molar-refractivity contribution in [3.05, 3.63) is 0 Å². The van der Waals surface area contributed by atoms with Gasteiger partial charge in [0.15, 0.2) is 0 Å². The minimum atomic E-state index is 0.271. The molecular weight excluding hydrogens is 220 g/mol. The first-order chi connectivity index (χ1) is 8.33. The van der Waals surface area contributed by atoms with Gasteiger partial charge in [0, 0.05) is 12.1 Å². The van der Waals surface area contributed by atoms with E-state index in [0.29, 0.717) is 10.8 Å². The Balaban J connectivity index is 2.18. The molecule has 0 aromatic rings. The van der Waals surface area contributed by atoms with Gasteiger partial charge in [-0.2, -0.15) is 0 Å². The van der Waals surface area contributed by atoms with Crippen LogP contribution in [0, 0.1) is 10.8 Å².